The summed E-state index contributed by atoms with van der Waals surface area (Å²) in [5, 5.41) is 2.85. The predicted octanol–water partition coefficient (Wildman–Crippen LogP) is 3.55. The summed E-state index contributed by atoms with van der Waals surface area (Å²) in [7, 11) is -1.17. The van der Waals surface area contributed by atoms with Crippen LogP contribution in [0.2, 0.25) is 0 Å². The van der Waals surface area contributed by atoms with Crippen molar-refractivity contribution < 1.29 is 13.8 Å². The molecule has 1 N–H and O–H groups in total. The highest BCUT2D eigenvalue weighted by molar-refractivity contribution is 7.84. The number of amides is 2. The minimum Gasteiger partial charge on any atom is -0.324 e. The van der Waals surface area contributed by atoms with E-state index in [0.717, 1.165) is 5.56 Å². The molecule has 2 amide bonds. The third-order valence-corrected chi connectivity index (χ3v) is 5.63. The van der Waals surface area contributed by atoms with Gasteiger partial charge in [-0.05, 0) is 25.0 Å². The number of piperidine rings is 1. The summed E-state index contributed by atoms with van der Waals surface area (Å²) in [6, 6.07) is 16.2. The highest BCUT2D eigenvalue weighted by Gasteiger charge is 2.28. The smallest absolute Gasteiger partial charge is 0.321 e. The molecule has 0 spiro atoms. The maximum Gasteiger partial charge on any atom is 0.321 e. The summed E-state index contributed by atoms with van der Waals surface area (Å²) in [5.74, 6) is 0.106. The van der Waals surface area contributed by atoms with E-state index in [9.17, 15) is 13.8 Å². The second kappa shape index (κ2) is 8.27. The summed E-state index contributed by atoms with van der Waals surface area (Å²) < 4.78 is 11.8. The molecule has 0 aliphatic carbocycles. The highest BCUT2D eigenvalue weighted by Crippen LogP contribution is 2.23. The summed E-state index contributed by atoms with van der Waals surface area (Å²) in [5.41, 5.74) is 1.30. The average Bonchev–Trinajstić information content (AvgIpc) is 2.68. The molecule has 136 valence electrons. The van der Waals surface area contributed by atoms with Crippen molar-refractivity contribution in [2.45, 2.75) is 17.7 Å². The van der Waals surface area contributed by atoms with E-state index in [0.29, 0.717) is 36.5 Å². The van der Waals surface area contributed by atoms with Crippen molar-refractivity contribution >= 4 is 28.3 Å². The molecule has 1 unspecified atom stereocenters. The van der Waals surface area contributed by atoms with E-state index >= 15 is 0 Å². The predicted molar refractivity (Wildman–Crippen MR) is 103 cm³/mol. The number of nitrogens with zero attached hydrogens (tertiary/aromatic N) is 1. The molecule has 1 aliphatic heterocycles. The van der Waals surface area contributed by atoms with Gasteiger partial charge in [-0.1, -0.05) is 42.5 Å². The zero-order valence-corrected chi connectivity index (χ0v) is 15.5. The molecule has 3 rings (SSSR count). The van der Waals surface area contributed by atoms with Gasteiger partial charge in [0.1, 0.15) is 0 Å². The van der Waals surface area contributed by atoms with Crippen LogP contribution in [0.25, 0.3) is 0 Å². The maximum absolute atomic E-state index is 12.5. The van der Waals surface area contributed by atoms with E-state index in [-0.39, 0.29) is 17.7 Å². The van der Waals surface area contributed by atoms with E-state index in [1.165, 1.54) is 0 Å². The lowest BCUT2D eigenvalue weighted by molar-refractivity contribution is 0.0859. The molecular formula is C20H22N2O3S. The standard InChI is InChI=1S/C20H22N2O3S/c1-26(25)18-10-6-5-9-17(18)21-20(24)22-13-11-16(12-14-22)19(23)15-7-3-2-4-8-15/h2-10,16H,11-14H2,1H3,(H,21,24). The number of nitrogens with one attached hydrogen (secondary N) is 1. The van der Waals surface area contributed by atoms with Crippen LogP contribution in [0.4, 0.5) is 10.5 Å². The summed E-state index contributed by atoms with van der Waals surface area (Å²) in [6.45, 7) is 1.07. The maximum atomic E-state index is 12.5. The Labute approximate surface area is 155 Å². The minimum absolute atomic E-state index is 0.0446. The fraction of sp³-hybridized carbons (Fsp3) is 0.300. The lowest BCUT2D eigenvalue weighted by Gasteiger charge is -2.31. The molecule has 2 aromatic rings. The number of hydrogen-bond donors (Lipinski definition) is 1. The van der Waals surface area contributed by atoms with Crippen molar-refractivity contribution in [3.05, 3.63) is 60.2 Å². The molecule has 6 heteroatoms. The van der Waals surface area contributed by atoms with Crippen LogP contribution in [0.5, 0.6) is 0 Å². The van der Waals surface area contributed by atoms with Crippen molar-refractivity contribution in [1.29, 1.82) is 0 Å². The first-order valence-electron chi connectivity index (χ1n) is 8.64. The van der Waals surface area contributed by atoms with Gasteiger partial charge >= 0.3 is 6.03 Å². The number of rotatable bonds is 4. The van der Waals surface area contributed by atoms with Gasteiger partial charge in [0, 0.05) is 30.8 Å². The number of Topliss-reactive ketones (excluding diaryl/α,β-unsaturated/α-hetero) is 1. The Balaban J connectivity index is 1.59. The van der Waals surface area contributed by atoms with Gasteiger partial charge in [-0.3, -0.25) is 9.00 Å². The summed E-state index contributed by atoms with van der Waals surface area (Å²) in [6.07, 6.45) is 2.90. The van der Waals surface area contributed by atoms with E-state index in [1.807, 2.05) is 30.3 Å². The number of anilines is 1. The zero-order chi connectivity index (χ0) is 18.5. The van der Waals surface area contributed by atoms with Gasteiger partial charge in [0.05, 0.1) is 21.4 Å². The molecule has 1 saturated heterocycles. The number of para-hydroxylation sites is 1. The van der Waals surface area contributed by atoms with Crippen molar-refractivity contribution in [2.75, 3.05) is 24.7 Å². The minimum atomic E-state index is -1.17. The van der Waals surface area contributed by atoms with Gasteiger partial charge in [0.25, 0.3) is 0 Å². The van der Waals surface area contributed by atoms with Gasteiger partial charge in [-0.25, -0.2) is 4.79 Å². The molecule has 0 radical (unpaired) electrons. The number of hydrogen-bond acceptors (Lipinski definition) is 3. The topological polar surface area (TPSA) is 66.5 Å². The van der Waals surface area contributed by atoms with Gasteiger partial charge in [-0.2, -0.15) is 0 Å². The van der Waals surface area contributed by atoms with Gasteiger partial charge in [-0.15, -0.1) is 0 Å². The lowest BCUT2D eigenvalue weighted by Crippen LogP contribution is -2.42. The molecule has 1 heterocycles. The number of ketones is 1. The first kappa shape index (κ1) is 18.3. The molecule has 0 aromatic heterocycles. The second-order valence-electron chi connectivity index (χ2n) is 6.37. The highest BCUT2D eigenvalue weighted by atomic mass is 32.2. The molecule has 26 heavy (non-hydrogen) atoms. The Bertz CT molecular complexity index is 815. The summed E-state index contributed by atoms with van der Waals surface area (Å²) >= 11 is 0. The van der Waals surface area contributed by atoms with E-state index < -0.39 is 10.8 Å². The van der Waals surface area contributed by atoms with Crippen LogP contribution >= 0.6 is 0 Å². The Morgan fingerprint density at radius 3 is 2.27 bits per heavy atom. The number of benzene rings is 2. The Kier molecular flexibility index (Phi) is 5.83. The van der Waals surface area contributed by atoms with Gasteiger partial charge in [0.2, 0.25) is 0 Å². The van der Waals surface area contributed by atoms with Crippen LogP contribution in [-0.2, 0) is 10.8 Å². The Morgan fingerprint density at radius 2 is 1.62 bits per heavy atom. The molecule has 1 atom stereocenters. The van der Waals surface area contributed by atoms with E-state index in [2.05, 4.69) is 5.32 Å². The van der Waals surface area contributed by atoms with Crippen LogP contribution in [-0.4, -0.2) is 40.3 Å². The van der Waals surface area contributed by atoms with Gasteiger partial charge < -0.3 is 10.2 Å². The molecule has 5 nitrogen and oxygen atoms in total. The van der Waals surface area contributed by atoms with Crippen LogP contribution in [0.1, 0.15) is 23.2 Å². The summed E-state index contributed by atoms with van der Waals surface area (Å²) in [4.78, 5) is 27.4. The molecule has 0 saturated carbocycles. The monoisotopic (exact) mass is 370 g/mol. The molecular weight excluding hydrogens is 348 g/mol. The largest absolute Gasteiger partial charge is 0.324 e. The fourth-order valence-electron chi connectivity index (χ4n) is 3.20. The van der Waals surface area contributed by atoms with Gasteiger partial charge in [0.15, 0.2) is 5.78 Å². The average molecular weight is 370 g/mol. The Morgan fingerprint density at radius 1 is 1.00 bits per heavy atom. The fourth-order valence-corrected chi connectivity index (χ4v) is 3.90. The van der Waals surface area contributed by atoms with Crippen molar-refractivity contribution in [3.63, 3.8) is 0 Å². The molecule has 1 aliphatic rings. The third-order valence-electron chi connectivity index (χ3n) is 4.65. The number of urea groups is 1. The quantitative estimate of drug-likeness (QED) is 0.837. The first-order chi connectivity index (χ1) is 12.6. The van der Waals surface area contributed by atoms with Crippen molar-refractivity contribution in [1.82, 2.24) is 4.90 Å². The normalized spacial score (nSPS) is 16.1. The SMILES string of the molecule is CS(=O)c1ccccc1NC(=O)N1CCC(C(=O)c2ccccc2)CC1. The lowest BCUT2D eigenvalue weighted by atomic mass is 9.89. The Hall–Kier alpha value is -2.47. The van der Waals surface area contributed by atoms with Crippen LogP contribution < -0.4 is 5.32 Å². The number of carbonyl (C=O) groups is 2. The van der Waals surface area contributed by atoms with E-state index in [4.69, 9.17) is 0 Å². The van der Waals surface area contributed by atoms with Crippen LogP contribution in [0.15, 0.2) is 59.5 Å². The first-order valence-corrected chi connectivity index (χ1v) is 10.2. The molecule has 1 fully saturated rings. The zero-order valence-electron chi connectivity index (χ0n) is 14.7. The van der Waals surface area contributed by atoms with Crippen molar-refractivity contribution in [2.24, 2.45) is 5.92 Å². The van der Waals surface area contributed by atoms with Crippen LogP contribution in [0.3, 0.4) is 0 Å². The van der Waals surface area contributed by atoms with E-state index in [1.54, 1.807) is 35.4 Å². The van der Waals surface area contributed by atoms with Crippen LogP contribution in [0, 0.1) is 5.92 Å². The number of carbonyl (C=O) groups excluding carboxylic acids is 2. The van der Waals surface area contributed by atoms with Crippen molar-refractivity contribution in [3.8, 4) is 0 Å². The third kappa shape index (κ3) is 4.19. The molecule has 2 aromatic carbocycles. The number of likely N-dealkylation sites (tertiary alicyclic amines) is 1. The second-order valence-corrected chi connectivity index (χ2v) is 7.72. The molecule has 0 bridgehead atoms.